The summed E-state index contributed by atoms with van der Waals surface area (Å²) in [6, 6.07) is 13.3. The molecule has 1 aliphatic carbocycles. The van der Waals surface area contributed by atoms with E-state index >= 15 is 0 Å². The molecule has 0 spiro atoms. The molecule has 1 aliphatic rings. The van der Waals surface area contributed by atoms with E-state index in [1.165, 1.54) is 16.2 Å². The van der Waals surface area contributed by atoms with Crippen LogP contribution in [0, 0.1) is 0 Å². The van der Waals surface area contributed by atoms with Crippen LogP contribution in [-0.4, -0.2) is 20.3 Å². The summed E-state index contributed by atoms with van der Waals surface area (Å²) in [5.41, 5.74) is 4.46. The van der Waals surface area contributed by atoms with Crippen molar-refractivity contribution in [2.45, 2.75) is 58.0 Å². The van der Waals surface area contributed by atoms with E-state index in [4.69, 9.17) is 0 Å². The van der Waals surface area contributed by atoms with Crippen LogP contribution in [0.1, 0.15) is 56.5 Å². The van der Waals surface area contributed by atoms with Crippen molar-refractivity contribution in [3.63, 3.8) is 0 Å². The first kappa shape index (κ1) is 20.1. The standard InChI is InChI=1S/C24H28N4O2/c1-24(2,3)17-10-12-18(13-11-17)28-21-8-6-7-20(19(21)15-25-28)26-22(29)16-27-14-5-4-9-23(27)30/h4-5,9-15,20H,6-8,16H2,1-3H3,(H,26,29)/t20-/m0/s1. The molecule has 0 saturated carbocycles. The van der Waals surface area contributed by atoms with Crippen LogP contribution in [0.25, 0.3) is 5.69 Å². The summed E-state index contributed by atoms with van der Waals surface area (Å²) in [7, 11) is 0. The molecular formula is C24H28N4O2. The maximum absolute atomic E-state index is 12.6. The van der Waals surface area contributed by atoms with E-state index in [-0.39, 0.29) is 29.5 Å². The second-order valence-corrected chi connectivity index (χ2v) is 8.93. The number of carbonyl (C=O) groups excluding carboxylic acids is 1. The van der Waals surface area contributed by atoms with Crippen LogP contribution in [-0.2, 0) is 23.2 Å². The molecule has 30 heavy (non-hydrogen) atoms. The minimum Gasteiger partial charge on any atom is -0.348 e. The van der Waals surface area contributed by atoms with Gasteiger partial charge in [-0.05, 0) is 48.4 Å². The zero-order chi connectivity index (χ0) is 21.3. The van der Waals surface area contributed by atoms with Crippen LogP contribution in [0.2, 0.25) is 0 Å². The molecule has 6 nitrogen and oxygen atoms in total. The van der Waals surface area contributed by atoms with Crippen LogP contribution in [0.5, 0.6) is 0 Å². The minimum absolute atomic E-state index is 0.0217. The molecule has 0 aliphatic heterocycles. The zero-order valence-electron chi connectivity index (χ0n) is 17.8. The average Bonchev–Trinajstić information content (AvgIpc) is 3.14. The summed E-state index contributed by atoms with van der Waals surface area (Å²) >= 11 is 0. The summed E-state index contributed by atoms with van der Waals surface area (Å²) < 4.78 is 3.40. The number of fused-ring (bicyclic) bond motifs is 1. The fraction of sp³-hybridized carbons (Fsp3) is 0.375. The van der Waals surface area contributed by atoms with E-state index in [0.29, 0.717) is 0 Å². The molecule has 1 atom stereocenters. The predicted octanol–water partition coefficient (Wildman–Crippen LogP) is 3.53. The van der Waals surface area contributed by atoms with Gasteiger partial charge in [-0.15, -0.1) is 0 Å². The van der Waals surface area contributed by atoms with Gasteiger partial charge in [-0.3, -0.25) is 9.59 Å². The van der Waals surface area contributed by atoms with Gasteiger partial charge in [0.15, 0.2) is 0 Å². The van der Waals surface area contributed by atoms with Crippen LogP contribution >= 0.6 is 0 Å². The topological polar surface area (TPSA) is 68.9 Å². The number of carbonyl (C=O) groups is 1. The number of hydrogen-bond donors (Lipinski definition) is 1. The number of nitrogens with one attached hydrogen (secondary N) is 1. The molecule has 156 valence electrons. The molecule has 1 N–H and O–H groups in total. The molecule has 6 heteroatoms. The molecule has 0 unspecified atom stereocenters. The first-order valence-electron chi connectivity index (χ1n) is 10.5. The van der Waals surface area contributed by atoms with Gasteiger partial charge in [-0.2, -0.15) is 5.10 Å². The lowest BCUT2D eigenvalue weighted by Gasteiger charge is -2.24. The molecule has 0 fully saturated rings. The Morgan fingerprint density at radius 1 is 1.17 bits per heavy atom. The molecule has 0 radical (unpaired) electrons. The Hall–Kier alpha value is -3.15. The fourth-order valence-electron chi connectivity index (χ4n) is 4.02. The summed E-state index contributed by atoms with van der Waals surface area (Å²) in [5, 5.41) is 7.72. The van der Waals surface area contributed by atoms with E-state index in [2.05, 4.69) is 55.5 Å². The van der Waals surface area contributed by atoms with E-state index in [1.807, 2.05) is 10.9 Å². The van der Waals surface area contributed by atoms with Crippen molar-refractivity contribution in [1.29, 1.82) is 0 Å². The largest absolute Gasteiger partial charge is 0.348 e. The quantitative estimate of drug-likeness (QED) is 0.723. The van der Waals surface area contributed by atoms with Crippen molar-refractivity contribution >= 4 is 5.91 Å². The third kappa shape index (κ3) is 4.08. The Morgan fingerprint density at radius 2 is 1.93 bits per heavy atom. The highest BCUT2D eigenvalue weighted by Crippen LogP contribution is 2.31. The van der Waals surface area contributed by atoms with Gasteiger partial charge >= 0.3 is 0 Å². The van der Waals surface area contributed by atoms with Crippen LogP contribution in [0.15, 0.2) is 59.7 Å². The van der Waals surface area contributed by atoms with E-state index in [0.717, 1.165) is 36.2 Å². The Morgan fingerprint density at radius 3 is 2.63 bits per heavy atom. The number of nitrogens with zero attached hydrogens (tertiary/aromatic N) is 3. The number of pyridine rings is 1. The monoisotopic (exact) mass is 404 g/mol. The molecular weight excluding hydrogens is 376 g/mol. The maximum atomic E-state index is 12.6. The van der Waals surface area contributed by atoms with Crippen molar-refractivity contribution in [1.82, 2.24) is 19.7 Å². The molecule has 0 bridgehead atoms. The molecule has 0 saturated heterocycles. The Balaban J connectivity index is 1.53. The van der Waals surface area contributed by atoms with Crippen LogP contribution in [0.4, 0.5) is 0 Å². The second kappa shape index (κ2) is 7.94. The lowest BCUT2D eigenvalue weighted by molar-refractivity contribution is -0.122. The molecule has 1 amide bonds. The SMILES string of the molecule is CC(C)(C)c1ccc(-n2ncc3c2CCC[C@@H]3NC(=O)Cn2ccccc2=O)cc1. The first-order valence-corrected chi connectivity index (χ1v) is 10.5. The maximum Gasteiger partial charge on any atom is 0.250 e. The molecule has 2 heterocycles. The fourth-order valence-corrected chi connectivity index (χ4v) is 4.02. The first-order chi connectivity index (χ1) is 14.3. The molecule has 1 aromatic carbocycles. The number of amides is 1. The smallest absolute Gasteiger partial charge is 0.250 e. The summed E-state index contributed by atoms with van der Waals surface area (Å²) in [6.45, 7) is 6.63. The van der Waals surface area contributed by atoms with Crippen molar-refractivity contribution in [2.75, 3.05) is 0 Å². The second-order valence-electron chi connectivity index (χ2n) is 8.93. The number of rotatable bonds is 4. The highest BCUT2D eigenvalue weighted by molar-refractivity contribution is 5.76. The lowest BCUT2D eigenvalue weighted by atomic mass is 9.87. The van der Waals surface area contributed by atoms with E-state index in [9.17, 15) is 9.59 Å². The summed E-state index contributed by atoms with van der Waals surface area (Å²) in [4.78, 5) is 24.4. The molecule has 2 aromatic heterocycles. The summed E-state index contributed by atoms with van der Waals surface area (Å²) in [6.07, 6.45) is 6.28. The third-order valence-corrected chi connectivity index (χ3v) is 5.71. The summed E-state index contributed by atoms with van der Waals surface area (Å²) in [5.74, 6) is -0.163. The van der Waals surface area contributed by atoms with Gasteiger partial charge in [0.2, 0.25) is 5.91 Å². The van der Waals surface area contributed by atoms with Gasteiger partial charge in [-0.25, -0.2) is 4.68 Å². The van der Waals surface area contributed by atoms with Crippen LogP contribution in [0.3, 0.4) is 0 Å². The van der Waals surface area contributed by atoms with Gasteiger partial charge in [0.05, 0.1) is 17.9 Å². The number of hydrogen-bond acceptors (Lipinski definition) is 3. The zero-order valence-corrected chi connectivity index (χ0v) is 17.8. The normalized spacial score (nSPS) is 16.2. The van der Waals surface area contributed by atoms with Gasteiger partial charge in [0.25, 0.3) is 5.56 Å². The number of benzene rings is 1. The molecule has 3 aromatic rings. The van der Waals surface area contributed by atoms with Crippen molar-refractivity contribution in [3.05, 3.63) is 82.0 Å². The molecule has 4 rings (SSSR count). The Labute approximate surface area is 176 Å². The lowest BCUT2D eigenvalue weighted by Crippen LogP contribution is -2.35. The van der Waals surface area contributed by atoms with Crippen molar-refractivity contribution in [2.24, 2.45) is 0 Å². The minimum atomic E-state index is -0.177. The van der Waals surface area contributed by atoms with Crippen LogP contribution < -0.4 is 10.9 Å². The van der Waals surface area contributed by atoms with Gasteiger partial charge in [-0.1, -0.05) is 39.0 Å². The average molecular weight is 405 g/mol. The highest BCUT2D eigenvalue weighted by Gasteiger charge is 2.26. The Kier molecular flexibility index (Phi) is 5.33. The van der Waals surface area contributed by atoms with Crippen molar-refractivity contribution in [3.8, 4) is 5.69 Å². The van der Waals surface area contributed by atoms with E-state index < -0.39 is 0 Å². The highest BCUT2D eigenvalue weighted by atomic mass is 16.2. The van der Waals surface area contributed by atoms with Gasteiger partial charge in [0.1, 0.15) is 6.54 Å². The third-order valence-electron chi connectivity index (χ3n) is 5.71. The predicted molar refractivity (Wildman–Crippen MR) is 117 cm³/mol. The van der Waals surface area contributed by atoms with Gasteiger partial charge < -0.3 is 9.88 Å². The Bertz CT molecular complexity index is 1100. The van der Waals surface area contributed by atoms with Gasteiger partial charge in [0, 0.05) is 23.5 Å². The van der Waals surface area contributed by atoms with Crippen molar-refractivity contribution < 1.29 is 4.79 Å². The number of aromatic nitrogens is 3. The van der Waals surface area contributed by atoms with E-state index in [1.54, 1.807) is 18.3 Å².